The average Bonchev–Trinajstić information content (AvgIpc) is 2.66. The van der Waals surface area contributed by atoms with Gasteiger partial charge in [-0.05, 0) is 37.0 Å². The van der Waals surface area contributed by atoms with Gasteiger partial charge in [-0.1, -0.05) is 56.3 Å². The average molecular weight is 418 g/mol. The van der Waals surface area contributed by atoms with E-state index in [1.165, 1.54) is 11.8 Å². The Kier molecular flexibility index (Phi) is 7.28. The maximum Gasteiger partial charge on any atom is 0.231 e. The fraction of sp³-hybridized carbons (Fsp3) is 0.400. The Morgan fingerprint density at radius 1 is 1.36 bits per heavy atom. The van der Waals surface area contributed by atoms with Crippen LogP contribution in [-0.2, 0) is 11.2 Å². The van der Waals surface area contributed by atoms with E-state index in [0.29, 0.717) is 22.4 Å². The van der Waals surface area contributed by atoms with Crippen LogP contribution in [0.1, 0.15) is 33.4 Å². The highest BCUT2D eigenvalue weighted by atomic mass is 35.5. The highest BCUT2D eigenvalue weighted by Crippen LogP contribution is 2.31. The van der Waals surface area contributed by atoms with Crippen molar-refractivity contribution in [1.29, 1.82) is 5.26 Å². The molecule has 0 saturated carbocycles. The van der Waals surface area contributed by atoms with Crippen molar-refractivity contribution < 1.29 is 4.79 Å². The van der Waals surface area contributed by atoms with Crippen LogP contribution in [0.15, 0.2) is 29.4 Å². The van der Waals surface area contributed by atoms with Gasteiger partial charge in [0, 0.05) is 10.6 Å². The zero-order chi connectivity index (χ0) is 20.9. The molecular formula is C20H24ClN5OS. The Labute approximate surface area is 174 Å². The van der Waals surface area contributed by atoms with E-state index in [1.54, 1.807) is 19.1 Å². The first-order valence-corrected chi connectivity index (χ1v) is 10.3. The third-order valence-electron chi connectivity index (χ3n) is 4.58. The largest absolute Gasteiger partial charge is 0.383 e. The molecule has 8 heteroatoms. The summed E-state index contributed by atoms with van der Waals surface area (Å²) in [6, 6.07) is 9.51. The second kappa shape index (κ2) is 9.26. The van der Waals surface area contributed by atoms with Gasteiger partial charge in [0.2, 0.25) is 5.91 Å². The standard InChI is InChI=1S/C20H24ClN5OS/c1-5-15-17(13-6-8-14(21)9-7-13)18(23)25-19(24-15)28-10-16(27)26-20(4,11-22)12(2)3/h6-9,12H,5,10H2,1-4H3,(H,26,27)(H2,23,24,25). The van der Waals surface area contributed by atoms with E-state index < -0.39 is 5.54 Å². The number of carbonyl (C=O) groups excluding carboxylic acids is 1. The van der Waals surface area contributed by atoms with Crippen LogP contribution in [0.2, 0.25) is 5.02 Å². The zero-order valence-corrected chi connectivity index (χ0v) is 18.0. The molecule has 28 heavy (non-hydrogen) atoms. The number of nitrogen functional groups attached to an aromatic ring is 1. The van der Waals surface area contributed by atoms with Crippen LogP contribution in [0.4, 0.5) is 5.82 Å². The number of aryl methyl sites for hydroxylation is 1. The number of hydrogen-bond acceptors (Lipinski definition) is 6. The molecule has 1 atom stereocenters. The summed E-state index contributed by atoms with van der Waals surface area (Å²) in [5, 5.41) is 13.2. The number of amides is 1. The lowest BCUT2D eigenvalue weighted by Crippen LogP contribution is -2.49. The monoisotopic (exact) mass is 417 g/mol. The molecule has 0 aliphatic carbocycles. The lowest BCUT2D eigenvalue weighted by molar-refractivity contribution is -0.120. The maximum atomic E-state index is 12.3. The number of nitrogens with two attached hydrogens (primary N) is 1. The Bertz CT molecular complexity index is 895. The summed E-state index contributed by atoms with van der Waals surface area (Å²) in [6.45, 7) is 7.49. The van der Waals surface area contributed by atoms with Gasteiger partial charge in [-0.15, -0.1) is 0 Å². The minimum Gasteiger partial charge on any atom is -0.383 e. The van der Waals surface area contributed by atoms with E-state index in [0.717, 1.165) is 16.8 Å². The molecule has 0 spiro atoms. The normalized spacial score (nSPS) is 13.0. The van der Waals surface area contributed by atoms with E-state index in [4.69, 9.17) is 17.3 Å². The molecule has 6 nitrogen and oxygen atoms in total. The van der Waals surface area contributed by atoms with Crippen LogP contribution >= 0.6 is 23.4 Å². The molecular weight excluding hydrogens is 394 g/mol. The topological polar surface area (TPSA) is 105 Å². The van der Waals surface area contributed by atoms with Crippen molar-refractivity contribution in [3.8, 4) is 17.2 Å². The number of thioether (sulfide) groups is 1. The van der Waals surface area contributed by atoms with E-state index in [9.17, 15) is 10.1 Å². The van der Waals surface area contributed by atoms with Gasteiger partial charge >= 0.3 is 0 Å². The van der Waals surface area contributed by atoms with Crippen LogP contribution in [0.25, 0.3) is 11.1 Å². The van der Waals surface area contributed by atoms with Gasteiger partial charge in [0.25, 0.3) is 0 Å². The smallest absolute Gasteiger partial charge is 0.231 e. The Balaban J connectivity index is 2.18. The van der Waals surface area contributed by atoms with Crippen molar-refractivity contribution in [3.63, 3.8) is 0 Å². The molecule has 0 aliphatic rings. The van der Waals surface area contributed by atoms with Crippen molar-refractivity contribution in [1.82, 2.24) is 15.3 Å². The molecule has 3 N–H and O–H groups in total. The molecule has 1 aromatic carbocycles. The van der Waals surface area contributed by atoms with Crippen LogP contribution in [0.3, 0.4) is 0 Å². The van der Waals surface area contributed by atoms with Crippen LogP contribution in [0, 0.1) is 17.2 Å². The van der Waals surface area contributed by atoms with Gasteiger partial charge in [0.05, 0.1) is 17.5 Å². The van der Waals surface area contributed by atoms with Crippen molar-refractivity contribution in [2.45, 2.75) is 44.8 Å². The van der Waals surface area contributed by atoms with Crippen molar-refractivity contribution in [2.24, 2.45) is 5.92 Å². The predicted octanol–water partition coefficient (Wildman–Crippen LogP) is 4.09. The lowest BCUT2D eigenvalue weighted by Gasteiger charge is -2.27. The van der Waals surface area contributed by atoms with Gasteiger partial charge in [-0.3, -0.25) is 4.79 Å². The molecule has 148 valence electrons. The predicted molar refractivity (Wildman–Crippen MR) is 114 cm³/mol. The maximum absolute atomic E-state index is 12.3. The lowest BCUT2D eigenvalue weighted by atomic mass is 9.90. The third kappa shape index (κ3) is 5.15. The number of aromatic nitrogens is 2. The first-order chi connectivity index (χ1) is 13.2. The van der Waals surface area contributed by atoms with Crippen LogP contribution in [0.5, 0.6) is 0 Å². The second-order valence-electron chi connectivity index (χ2n) is 6.88. The first kappa shape index (κ1) is 22.0. The Hall–Kier alpha value is -2.30. The molecule has 0 aliphatic heterocycles. The summed E-state index contributed by atoms with van der Waals surface area (Å²) >= 11 is 7.16. The molecule has 1 unspecified atom stereocenters. The number of halogens is 1. The number of anilines is 1. The number of carbonyl (C=O) groups is 1. The molecule has 1 amide bonds. The summed E-state index contributed by atoms with van der Waals surface area (Å²) in [5.41, 5.74) is 7.77. The number of rotatable bonds is 7. The van der Waals surface area contributed by atoms with Gasteiger partial charge in [0.1, 0.15) is 11.4 Å². The minimum atomic E-state index is -0.912. The van der Waals surface area contributed by atoms with Crippen molar-refractivity contribution >= 4 is 35.1 Å². The number of nitriles is 1. The molecule has 2 rings (SSSR count). The molecule has 1 heterocycles. The Morgan fingerprint density at radius 3 is 2.54 bits per heavy atom. The highest BCUT2D eigenvalue weighted by Gasteiger charge is 2.30. The van der Waals surface area contributed by atoms with Gasteiger partial charge in [-0.25, -0.2) is 9.97 Å². The van der Waals surface area contributed by atoms with E-state index in [2.05, 4.69) is 21.4 Å². The number of hydrogen-bond donors (Lipinski definition) is 2. The first-order valence-electron chi connectivity index (χ1n) is 8.97. The molecule has 2 aromatic rings. The van der Waals surface area contributed by atoms with Gasteiger partial charge < -0.3 is 11.1 Å². The fourth-order valence-electron chi connectivity index (χ4n) is 2.51. The summed E-state index contributed by atoms with van der Waals surface area (Å²) in [7, 11) is 0. The summed E-state index contributed by atoms with van der Waals surface area (Å²) in [5.74, 6) is 0.210. The third-order valence-corrected chi connectivity index (χ3v) is 5.68. The second-order valence-corrected chi connectivity index (χ2v) is 8.26. The number of benzene rings is 1. The van der Waals surface area contributed by atoms with Crippen LogP contribution < -0.4 is 11.1 Å². The van der Waals surface area contributed by atoms with E-state index in [-0.39, 0.29) is 17.6 Å². The van der Waals surface area contributed by atoms with E-state index >= 15 is 0 Å². The number of nitrogens with zero attached hydrogens (tertiary/aromatic N) is 3. The SMILES string of the molecule is CCc1nc(SCC(=O)NC(C)(C#N)C(C)C)nc(N)c1-c1ccc(Cl)cc1. The van der Waals surface area contributed by atoms with Crippen molar-refractivity contribution in [2.75, 3.05) is 11.5 Å². The van der Waals surface area contributed by atoms with Crippen LogP contribution in [-0.4, -0.2) is 27.2 Å². The fourth-order valence-corrected chi connectivity index (χ4v) is 3.31. The molecule has 0 fully saturated rings. The van der Waals surface area contributed by atoms with Gasteiger partial charge in [0.15, 0.2) is 5.16 Å². The number of nitrogens with one attached hydrogen (secondary N) is 1. The van der Waals surface area contributed by atoms with E-state index in [1.807, 2.05) is 32.9 Å². The van der Waals surface area contributed by atoms with Crippen molar-refractivity contribution in [3.05, 3.63) is 35.0 Å². The summed E-state index contributed by atoms with van der Waals surface area (Å²) < 4.78 is 0. The molecule has 0 radical (unpaired) electrons. The molecule has 0 bridgehead atoms. The van der Waals surface area contributed by atoms with Gasteiger partial charge in [-0.2, -0.15) is 5.26 Å². The minimum absolute atomic E-state index is 0.0105. The quantitative estimate of drug-likeness (QED) is 0.519. The highest BCUT2D eigenvalue weighted by molar-refractivity contribution is 7.99. The summed E-state index contributed by atoms with van der Waals surface area (Å²) in [6.07, 6.45) is 0.671. The molecule has 0 saturated heterocycles. The summed E-state index contributed by atoms with van der Waals surface area (Å²) in [4.78, 5) is 21.2. The Morgan fingerprint density at radius 2 is 2.00 bits per heavy atom. The zero-order valence-electron chi connectivity index (χ0n) is 16.4. The molecule has 1 aromatic heterocycles.